The number of benzene rings is 1. The van der Waals surface area contributed by atoms with Crippen molar-refractivity contribution >= 4 is 34.1 Å². The van der Waals surface area contributed by atoms with E-state index in [1.54, 1.807) is 19.5 Å². The second kappa shape index (κ2) is 9.28. The Bertz CT molecular complexity index is 1230. The number of anilines is 2. The molecule has 0 unspecified atom stereocenters. The highest BCUT2D eigenvalue weighted by molar-refractivity contribution is 6.32. The van der Waals surface area contributed by atoms with Gasteiger partial charge in [0.15, 0.2) is 5.15 Å². The number of rotatable bonds is 6. The maximum Gasteiger partial charge on any atom is 0.227 e. The second-order valence-corrected chi connectivity index (χ2v) is 10.3. The molecule has 1 aromatic carbocycles. The van der Waals surface area contributed by atoms with E-state index >= 15 is 4.39 Å². The number of aryl methyl sites for hydroxylation is 1. The van der Waals surface area contributed by atoms with Crippen LogP contribution in [0.15, 0.2) is 24.5 Å². The van der Waals surface area contributed by atoms with E-state index in [0.29, 0.717) is 42.6 Å². The van der Waals surface area contributed by atoms with Crippen LogP contribution >= 0.6 is 11.6 Å². The number of nitrogens with one attached hydrogen (secondary N) is 1. The molecule has 0 bridgehead atoms. The maximum absolute atomic E-state index is 15.5. The van der Waals surface area contributed by atoms with Crippen molar-refractivity contribution < 1.29 is 13.9 Å². The van der Waals surface area contributed by atoms with E-state index in [2.05, 4.69) is 26.4 Å². The lowest BCUT2D eigenvalue weighted by Gasteiger charge is -2.39. The molecule has 1 aliphatic carbocycles. The summed E-state index contributed by atoms with van der Waals surface area (Å²) in [5.74, 6) is 0.277. The van der Waals surface area contributed by atoms with Crippen molar-refractivity contribution in [2.45, 2.75) is 56.5 Å². The van der Waals surface area contributed by atoms with Gasteiger partial charge in [0.2, 0.25) is 5.95 Å². The van der Waals surface area contributed by atoms with Crippen LogP contribution in [0.4, 0.5) is 16.0 Å². The molecule has 8 nitrogen and oxygen atoms in total. The standard InChI is InChI=1S/C25H30ClFN6O2/c1-14-7-15-9-28-25(31-21-10-29-33(24(21)26)16-3-4-16)30-20(15)8-18(14)17-5-6-32(11-19(17)27)22-12-35-13-23(22)34-2/h7-10,16-17,19,22-23H,3-6,11-13H2,1-2H3,(H,28,30,31)/t17-,19+,22-,23+/m1/s1. The minimum absolute atomic E-state index is 0.00802. The highest BCUT2D eigenvalue weighted by Crippen LogP contribution is 2.39. The zero-order chi connectivity index (χ0) is 24.1. The van der Waals surface area contributed by atoms with E-state index in [4.69, 9.17) is 26.1 Å². The molecule has 2 aromatic heterocycles. The predicted molar refractivity (Wildman–Crippen MR) is 132 cm³/mol. The minimum atomic E-state index is -0.968. The Labute approximate surface area is 208 Å². The second-order valence-electron chi connectivity index (χ2n) is 9.90. The molecule has 2 aliphatic heterocycles. The van der Waals surface area contributed by atoms with Crippen LogP contribution < -0.4 is 5.32 Å². The lowest BCUT2D eigenvalue weighted by Crippen LogP contribution is -2.51. The Morgan fingerprint density at radius 2 is 2.06 bits per heavy atom. The van der Waals surface area contributed by atoms with Crippen LogP contribution in [0.3, 0.4) is 0 Å². The summed E-state index contributed by atoms with van der Waals surface area (Å²) < 4.78 is 28.5. The number of hydrogen-bond acceptors (Lipinski definition) is 7. The van der Waals surface area contributed by atoms with E-state index in [-0.39, 0.29) is 18.1 Å². The summed E-state index contributed by atoms with van der Waals surface area (Å²) in [4.78, 5) is 11.4. The van der Waals surface area contributed by atoms with Gasteiger partial charge < -0.3 is 14.8 Å². The maximum atomic E-state index is 15.5. The fourth-order valence-corrected chi connectivity index (χ4v) is 5.74. The van der Waals surface area contributed by atoms with E-state index in [0.717, 1.165) is 47.8 Å². The summed E-state index contributed by atoms with van der Waals surface area (Å²) in [5, 5.41) is 9.07. The number of piperidine rings is 1. The summed E-state index contributed by atoms with van der Waals surface area (Å²) in [6.07, 6.45) is 5.49. The number of ether oxygens (including phenoxy) is 2. The number of likely N-dealkylation sites (tertiary alicyclic amines) is 1. The average Bonchev–Trinajstić information content (AvgIpc) is 3.47. The summed E-state index contributed by atoms with van der Waals surface area (Å²) in [6, 6.07) is 4.59. The van der Waals surface area contributed by atoms with Crippen LogP contribution in [0.1, 0.15) is 42.3 Å². The molecule has 0 radical (unpaired) electrons. The van der Waals surface area contributed by atoms with Gasteiger partial charge in [0.25, 0.3) is 0 Å². The van der Waals surface area contributed by atoms with Crippen molar-refractivity contribution in [1.82, 2.24) is 24.6 Å². The zero-order valence-electron chi connectivity index (χ0n) is 20.0. The molecule has 1 N–H and O–H groups in total. The number of aromatic nitrogens is 4. The molecule has 1 saturated carbocycles. The number of methoxy groups -OCH3 is 1. The fourth-order valence-electron chi connectivity index (χ4n) is 5.46. The van der Waals surface area contributed by atoms with E-state index in [9.17, 15) is 0 Å². The molecule has 10 heteroatoms. The molecule has 0 amide bonds. The lowest BCUT2D eigenvalue weighted by atomic mass is 9.84. The van der Waals surface area contributed by atoms with Crippen molar-refractivity contribution in [2.24, 2.45) is 0 Å². The largest absolute Gasteiger partial charge is 0.377 e. The van der Waals surface area contributed by atoms with Crippen LogP contribution in [0, 0.1) is 6.92 Å². The number of fused-ring (bicyclic) bond motifs is 1. The SMILES string of the molecule is CO[C@H]1COC[C@H]1N1CC[C@H](c2cc3nc(Nc4cnn(C5CC5)c4Cl)ncc3cc2C)[C@@H](F)C1. The lowest BCUT2D eigenvalue weighted by molar-refractivity contribution is 0.0132. The Hall–Kier alpha value is -2.33. The highest BCUT2D eigenvalue weighted by Gasteiger charge is 2.39. The topological polar surface area (TPSA) is 77.3 Å². The van der Waals surface area contributed by atoms with Crippen molar-refractivity contribution in [1.29, 1.82) is 0 Å². The summed E-state index contributed by atoms with van der Waals surface area (Å²) in [7, 11) is 1.70. The first-order valence-corrected chi connectivity index (χ1v) is 12.7. The highest BCUT2D eigenvalue weighted by atomic mass is 35.5. The molecule has 3 aromatic rings. The fraction of sp³-hybridized carbons (Fsp3) is 0.560. The van der Waals surface area contributed by atoms with Gasteiger partial charge in [-0.3, -0.25) is 4.90 Å². The first kappa shape index (κ1) is 23.1. The first-order chi connectivity index (χ1) is 17.0. The molecule has 3 fully saturated rings. The van der Waals surface area contributed by atoms with Gasteiger partial charge in [-0.2, -0.15) is 5.10 Å². The summed E-state index contributed by atoms with van der Waals surface area (Å²) in [6.45, 7) is 4.41. The molecule has 186 valence electrons. The Morgan fingerprint density at radius 3 is 2.83 bits per heavy atom. The van der Waals surface area contributed by atoms with Crippen molar-refractivity contribution in [3.63, 3.8) is 0 Å². The third-order valence-electron chi connectivity index (χ3n) is 7.59. The van der Waals surface area contributed by atoms with E-state index < -0.39 is 6.17 Å². The van der Waals surface area contributed by atoms with Crippen LogP contribution in [0.25, 0.3) is 10.9 Å². The molecule has 6 rings (SSSR count). The molecule has 4 heterocycles. The van der Waals surface area contributed by atoms with Crippen LogP contribution in [-0.2, 0) is 9.47 Å². The minimum Gasteiger partial charge on any atom is -0.377 e. The van der Waals surface area contributed by atoms with Crippen LogP contribution in [-0.4, -0.2) is 76.4 Å². The van der Waals surface area contributed by atoms with Gasteiger partial charge in [-0.1, -0.05) is 11.6 Å². The first-order valence-electron chi connectivity index (χ1n) is 12.3. The molecule has 0 spiro atoms. The van der Waals surface area contributed by atoms with E-state index in [1.165, 1.54) is 0 Å². The van der Waals surface area contributed by atoms with Crippen molar-refractivity contribution in [3.8, 4) is 0 Å². The average molecular weight is 501 g/mol. The van der Waals surface area contributed by atoms with Gasteiger partial charge in [0.1, 0.15) is 6.17 Å². The monoisotopic (exact) mass is 500 g/mol. The van der Waals surface area contributed by atoms with Crippen LogP contribution in [0.2, 0.25) is 5.15 Å². The molecule has 35 heavy (non-hydrogen) atoms. The smallest absolute Gasteiger partial charge is 0.227 e. The van der Waals surface area contributed by atoms with Gasteiger partial charge in [0.05, 0.1) is 48.8 Å². The number of halogens is 2. The Balaban J connectivity index is 1.22. The van der Waals surface area contributed by atoms with E-state index in [1.807, 2.05) is 17.7 Å². The molecule has 2 saturated heterocycles. The quantitative estimate of drug-likeness (QED) is 0.537. The molecular formula is C25H30ClFN6O2. The normalized spacial score (nSPS) is 27.5. The number of nitrogens with zero attached hydrogens (tertiary/aromatic N) is 5. The summed E-state index contributed by atoms with van der Waals surface area (Å²) >= 11 is 6.49. The Morgan fingerprint density at radius 1 is 1.20 bits per heavy atom. The van der Waals surface area contributed by atoms with Gasteiger partial charge in [0, 0.05) is 31.2 Å². The third kappa shape index (κ3) is 4.39. The number of alkyl halides is 1. The molecule has 4 atom stereocenters. The zero-order valence-corrected chi connectivity index (χ0v) is 20.7. The molecular weight excluding hydrogens is 471 g/mol. The van der Waals surface area contributed by atoms with Crippen molar-refractivity contribution in [2.75, 3.05) is 38.7 Å². The molecule has 3 aliphatic rings. The van der Waals surface area contributed by atoms with Crippen LogP contribution in [0.5, 0.6) is 0 Å². The van der Waals surface area contributed by atoms with Gasteiger partial charge >= 0.3 is 0 Å². The Kier molecular flexibility index (Phi) is 6.12. The van der Waals surface area contributed by atoms with Gasteiger partial charge in [-0.15, -0.1) is 0 Å². The number of hydrogen-bond donors (Lipinski definition) is 1. The van der Waals surface area contributed by atoms with Gasteiger partial charge in [-0.05, 0) is 56.0 Å². The van der Waals surface area contributed by atoms with Gasteiger partial charge in [-0.25, -0.2) is 19.0 Å². The summed E-state index contributed by atoms with van der Waals surface area (Å²) in [5.41, 5.74) is 3.55. The van der Waals surface area contributed by atoms with Crippen molar-refractivity contribution in [3.05, 3.63) is 40.8 Å². The predicted octanol–water partition coefficient (Wildman–Crippen LogP) is 4.41. The third-order valence-corrected chi connectivity index (χ3v) is 7.96.